The lowest BCUT2D eigenvalue weighted by molar-refractivity contribution is -0.150. The molecule has 1 unspecified atom stereocenters. The van der Waals surface area contributed by atoms with E-state index in [-0.39, 0.29) is 12.5 Å². The Balaban J connectivity index is 2.20. The molecule has 2 heterocycles. The molecule has 0 radical (unpaired) electrons. The van der Waals surface area contributed by atoms with Gasteiger partial charge in [0.1, 0.15) is 4.34 Å². The summed E-state index contributed by atoms with van der Waals surface area (Å²) in [4.78, 5) is 25.2. The van der Waals surface area contributed by atoms with E-state index < -0.39 is 11.4 Å². The summed E-state index contributed by atoms with van der Waals surface area (Å²) < 4.78 is 0.795. The molecule has 1 aromatic heterocycles. The van der Waals surface area contributed by atoms with E-state index in [1.165, 1.54) is 6.07 Å². The molecule has 104 valence electrons. The topological polar surface area (TPSA) is 57.6 Å². The van der Waals surface area contributed by atoms with Crippen molar-refractivity contribution in [1.82, 2.24) is 4.90 Å². The highest BCUT2D eigenvalue weighted by Gasteiger charge is 2.39. The summed E-state index contributed by atoms with van der Waals surface area (Å²) in [7, 11) is 0. The van der Waals surface area contributed by atoms with Crippen LogP contribution in [0.1, 0.15) is 30.1 Å². The summed E-state index contributed by atoms with van der Waals surface area (Å²) in [5.41, 5.74) is -0.536. The van der Waals surface area contributed by atoms with E-state index in [0.717, 1.165) is 11.3 Å². The van der Waals surface area contributed by atoms with E-state index in [1.54, 1.807) is 11.8 Å². The molecule has 0 aliphatic carbocycles. The fraction of sp³-hybridized carbons (Fsp3) is 0.500. The van der Waals surface area contributed by atoms with Crippen molar-refractivity contribution in [2.24, 2.45) is 5.41 Å². The first-order chi connectivity index (χ1) is 8.83. The van der Waals surface area contributed by atoms with E-state index in [0.29, 0.717) is 33.6 Å². The fourth-order valence-corrected chi connectivity index (χ4v) is 3.69. The van der Waals surface area contributed by atoms with Gasteiger partial charge in [0.2, 0.25) is 0 Å². The minimum atomic E-state index is -0.889. The Morgan fingerprint density at radius 2 is 2.16 bits per heavy atom. The van der Waals surface area contributed by atoms with Crippen LogP contribution >= 0.6 is 34.5 Å². The zero-order valence-corrected chi connectivity index (χ0v) is 12.6. The normalized spacial score (nSPS) is 23.4. The first-order valence-electron chi connectivity index (χ1n) is 5.81. The maximum Gasteiger partial charge on any atom is 0.311 e. The van der Waals surface area contributed by atoms with Gasteiger partial charge >= 0.3 is 5.97 Å². The molecule has 1 atom stereocenters. The number of hydrogen-bond donors (Lipinski definition) is 1. The van der Waals surface area contributed by atoms with Gasteiger partial charge in [0, 0.05) is 13.1 Å². The third-order valence-electron chi connectivity index (χ3n) is 3.39. The van der Waals surface area contributed by atoms with Crippen LogP contribution in [-0.2, 0) is 4.79 Å². The van der Waals surface area contributed by atoms with Crippen LogP contribution in [0, 0.1) is 5.41 Å². The SMILES string of the molecule is CC1(C(=O)O)CCCN(C(=O)c2cc(Cl)sc2Cl)C1. The number of amides is 1. The summed E-state index contributed by atoms with van der Waals surface area (Å²) in [6, 6.07) is 1.53. The van der Waals surface area contributed by atoms with Crippen molar-refractivity contribution in [2.45, 2.75) is 19.8 Å². The highest BCUT2D eigenvalue weighted by atomic mass is 35.5. The average Bonchev–Trinajstić information content (AvgIpc) is 2.67. The number of hydrogen-bond acceptors (Lipinski definition) is 3. The van der Waals surface area contributed by atoms with Crippen molar-refractivity contribution >= 4 is 46.4 Å². The summed E-state index contributed by atoms with van der Waals surface area (Å²) in [5, 5.41) is 9.24. The van der Waals surface area contributed by atoms with Gasteiger partial charge in [-0.05, 0) is 25.8 Å². The molecule has 19 heavy (non-hydrogen) atoms. The maximum atomic E-state index is 12.3. The second-order valence-corrected chi connectivity index (χ2v) is 7.22. The van der Waals surface area contributed by atoms with Gasteiger partial charge in [-0.1, -0.05) is 23.2 Å². The average molecular weight is 322 g/mol. The Kier molecular flexibility index (Phi) is 4.08. The van der Waals surface area contributed by atoms with Crippen LogP contribution in [0.2, 0.25) is 8.67 Å². The van der Waals surface area contributed by atoms with Gasteiger partial charge in [-0.2, -0.15) is 0 Å². The number of nitrogens with zero attached hydrogens (tertiary/aromatic N) is 1. The van der Waals surface area contributed by atoms with E-state index >= 15 is 0 Å². The molecule has 1 aromatic rings. The molecule has 1 aliphatic rings. The Bertz CT molecular complexity index is 531. The third kappa shape index (κ3) is 2.88. The number of rotatable bonds is 2. The van der Waals surface area contributed by atoms with Crippen LogP contribution in [-0.4, -0.2) is 35.0 Å². The number of likely N-dealkylation sites (tertiary alicyclic amines) is 1. The molecule has 7 heteroatoms. The van der Waals surface area contributed by atoms with Gasteiger partial charge in [-0.25, -0.2) is 0 Å². The Morgan fingerprint density at radius 1 is 1.47 bits per heavy atom. The lowest BCUT2D eigenvalue weighted by Crippen LogP contribution is -2.48. The number of carboxylic acids is 1. The number of thiophene rings is 1. The summed E-state index contributed by atoms with van der Waals surface area (Å²) in [6.45, 7) is 2.41. The van der Waals surface area contributed by atoms with E-state index in [9.17, 15) is 14.7 Å². The molecule has 0 aromatic carbocycles. The first kappa shape index (κ1) is 14.6. The zero-order valence-electron chi connectivity index (χ0n) is 10.3. The number of carbonyl (C=O) groups excluding carboxylic acids is 1. The largest absolute Gasteiger partial charge is 0.481 e. The Hall–Kier alpha value is -0.780. The second-order valence-electron chi connectivity index (χ2n) is 4.93. The molecule has 0 bridgehead atoms. The minimum Gasteiger partial charge on any atom is -0.481 e. The molecular formula is C12H13Cl2NO3S. The summed E-state index contributed by atoms with van der Waals surface area (Å²) in [6.07, 6.45) is 1.24. The van der Waals surface area contributed by atoms with Crippen molar-refractivity contribution in [1.29, 1.82) is 0 Å². The predicted molar refractivity (Wildman–Crippen MR) is 75.2 cm³/mol. The van der Waals surface area contributed by atoms with Crippen LogP contribution in [0.3, 0.4) is 0 Å². The Labute approximate surface area is 124 Å². The molecule has 0 spiro atoms. The van der Waals surface area contributed by atoms with Crippen molar-refractivity contribution in [3.8, 4) is 0 Å². The number of halogens is 2. The summed E-state index contributed by atoms with van der Waals surface area (Å²) >= 11 is 12.9. The molecule has 1 N–H and O–H groups in total. The lowest BCUT2D eigenvalue weighted by Gasteiger charge is -2.37. The molecule has 1 aliphatic heterocycles. The molecule has 1 amide bonds. The van der Waals surface area contributed by atoms with E-state index in [2.05, 4.69) is 0 Å². The number of carbonyl (C=O) groups is 2. The van der Waals surface area contributed by atoms with Crippen molar-refractivity contribution < 1.29 is 14.7 Å². The lowest BCUT2D eigenvalue weighted by atomic mass is 9.82. The standard InChI is InChI=1S/C12H13Cl2NO3S/c1-12(11(17)18)3-2-4-15(6-12)10(16)7-5-8(13)19-9(7)14/h5H,2-4,6H2,1H3,(H,17,18). The molecule has 2 rings (SSSR count). The third-order valence-corrected chi connectivity index (χ3v) is 4.87. The van der Waals surface area contributed by atoms with Gasteiger partial charge in [0.05, 0.1) is 15.3 Å². The molecule has 0 saturated carbocycles. The van der Waals surface area contributed by atoms with Crippen molar-refractivity contribution in [3.63, 3.8) is 0 Å². The predicted octanol–water partition coefficient (Wildman–Crippen LogP) is 3.38. The Morgan fingerprint density at radius 3 is 2.68 bits per heavy atom. The van der Waals surface area contributed by atoms with Crippen LogP contribution < -0.4 is 0 Å². The van der Waals surface area contributed by atoms with Crippen molar-refractivity contribution in [3.05, 3.63) is 20.3 Å². The maximum absolute atomic E-state index is 12.3. The first-order valence-corrected chi connectivity index (χ1v) is 7.38. The van der Waals surface area contributed by atoms with Crippen LogP contribution in [0.25, 0.3) is 0 Å². The highest BCUT2D eigenvalue weighted by Crippen LogP contribution is 2.35. The molecule has 1 fully saturated rings. The zero-order chi connectivity index (χ0) is 14.2. The molecular weight excluding hydrogens is 309 g/mol. The number of carboxylic acid groups (broad SMARTS) is 1. The quantitative estimate of drug-likeness (QED) is 0.908. The number of aliphatic carboxylic acids is 1. The van der Waals surface area contributed by atoms with Gasteiger partial charge in [0.15, 0.2) is 0 Å². The van der Waals surface area contributed by atoms with Crippen LogP contribution in [0.4, 0.5) is 0 Å². The van der Waals surface area contributed by atoms with E-state index in [4.69, 9.17) is 23.2 Å². The van der Waals surface area contributed by atoms with Gasteiger partial charge in [0.25, 0.3) is 5.91 Å². The van der Waals surface area contributed by atoms with Crippen molar-refractivity contribution in [2.75, 3.05) is 13.1 Å². The highest BCUT2D eigenvalue weighted by molar-refractivity contribution is 7.20. The molecule has 4 nitrogen and oxygen atoms in total. The van der Waals surface area contributed by atoms with Crippen LogP contribution in [0.5, 0.6) is 0 Å². The minimum absolute atomic E-state index is 0.199. The van der Waals surface area contributed by atoms with Gasteiger partial charge in [-0.3, -0.25) is 9.59 Å². The van der Waals surface area contributed by atoms with Crippen LogP contribution in [0.15, 0.2) is 6.07 Å². The fourth-order valence-electron chi connectivity index (χ4n) is 2.24. The molecule has 1 saturated heterocycles. The van der Waals surface area contributed by atoms with Gasteiger partial charge in [-0.15, -0.1) is 11.3 Å². The smallest absolute Gasteiger partial charge is 0.311 e. The monoisotopic (exact) mass is 321 g/mol. The second kappa shape index (κ2) is 5.31. The van der Waals surface area contributed by atoms with E-state index in [1.807, 2.05) is 0 Å². The van der Waals surface area contributed by atoms with Gasteiger partial charge < -0.3 is 10.0 Å². The summed E-state index contributed by atoms with van der Waals surface area (Å²) in [5.74, 6) is -1.13. The number of piperidine rings is 1.